The number of aliphatic imine (C=N–C) groups is 1. The van der Waals surface area contributed by atoms with Gasteiger partial charge in [0.05, 0.1) is 13.4 Å². The Morgan fingerprint density at radius 1 is 1.79 bits per heavy atom. The van der Waals surface area contributed by atoms with Gasteiger partial charge in [0.1, 0.15) is 6.07 Å². The molecule has 5 heteroatoms. The Morgan fingerprint density at radius 3 is 3.14 bits per heavy atom. The molecule has 0 saturated heterocycles. The number of nitrogens with one attached hydrogen (secondary N) is 1. The summed E-state index contributed by atoms with van der Waals surface area (Å²) in [6.45, 7) is 2.03. The maximum absolute atomic E-state index is 8.69. The first-order valence-corrected chi connectivity index (χ1v) is 4.36. The Morgan fingerprint density at radius 2 is 2.57 bits per heavy atom. The molecule has 0 bridgehead atoms. The predicted octanol–water partition coefficient (Wildman–Crippen LogP) is 1.76. The van der Waals surface area contributed by atoms with Crippen LogP contribution in [0.3, 0.4) is 0 Å². The number of H-pyrrole nitrogens is 1. The topological polar surface area (TPSA) is 74.1 Å². The van der Waals surface area contributed by atoms with Crippen LogP contribution < -0.4 is 0 Å². The van der Waals surface area contributed by atoms with E-state index in [1.807, 2.05) is 13.0 Å². The highest BCUT2D eigenvalue weighted by atomic mass is 16.5. The minimum atomic E-state index is 0.357. The molecule has 0 amide bonds. The molecular weight excluding hydrogens is 180 g/mol. The van der Waals surface area contributed by atoms with E-state index in [-0.39, 0.29) is 0 Å². The van der Waals surface area contributed by atoms with E-state index in [4.69, 9.17) is 10.00 Å². The van der Waals surface area contributed by atoms with Gasteiger partial charge in [-0.3, -0.25) is 0 Å². The van der Waals surface area contributed by atoms with Gasteiger partial charge in [0.25, 0.3) is 0 Å². The summed E-state index contributed by atoms with van der Waals surface area (Å²) in [5.74, 6) is 0.980. The largest absolute Gasteiger partial charge is 0.484 e. The van der Waals surface area contributed by atoms with Gasteiger partial charge < -0.3 is 9.72 Å². The molecule has 0 atom stereocenters. The van der Waals surface area contributed by atoms with Crippen LogP contribution in [0.15, 0.2) is 11.3 Å². The zero-order valence-electron chi connectivity index (χ0n) is 8.24. The Hall–Kier alpha value is -1.83. The molecule has 0 aliphatic rings. The molecule has 0 aliphatic heterocycles. The van der Waals surface area contributed by atoms with Crippen LogP contribution in [-0.2, 0) is 4.74 Å². The van der Waals surface area contributed by atoms with Crippen molar-refractivity contribution in [2.75, 3.05) is 7.11 Å². The van der Waals surface area contributed by atoms with E-state index in [0.717, 1.165) is 12.8 Å². The molecule has 0 spiro atoms. The molecule has 0 fully saturated rings. The molecular formula is C9H12N4O. The Bertz CT molecular complexity index is 361. The molecule has 1 rings (SSSR count). The number of ether oxygens (including phenoxy) is 1. The summed E-state index contributed by atoms with van der Waals surface area (Å²) in [5.41, 5.74) is 0.357. The van der Waals surface area contributed by atoms with Gasteiger partial charge in [-0.05, 0) is 6.42 Å². The van der Waals surface area contributed by atoms with Crippen molar-refractivity contribution in [2.24, 2.45) is 4.99 Å². The van der Waals surface area contributed by atoms with Gasteiger partial charge >= 0.3 is 0 Å². The molecule has 0 aliphatic carbocycles. The predicted molar refractivity (Wildman–Crippen MR) is 52.3 cm³/mol. The lowest BCUT2D eigenvalue weighted by atomic mass is 10.3. The van der Waals surface area contributed by atoms with Crippen molar-refractivity contribution in [3.05, 3.63) is 12.0 Å². The molecule has 0 saturated carbocycles. The van der Waals surface area contributed by atoms with Crippen LogP contribution in [-0.4, -0.2) is 23.0 Å². The third kappa shape index (κ3) is 2.33. The number of imidazole rings is 1. The summed E-state index contributed by atoms with van der Waals surface area (Å²) in [6, 6.07) is 1.97. The van der Waals surface area contributed by atoms with Gasteiger partial charge in [0, 0.05) is 6.42 Å². The molecule has 14 heavy (non-hydrogen) atoms. The minimum Gasteiger partial charge on any atom is -0.484 e. The van der Waals surface area contributed by atoms with Gasteiger partial charge in [-0.15, -0.1) is 0 Å². The van der Waals surface area contributed by atoms with Crippen molar-refractivity contribution in [1.82, 2.24) is 9.97 Å². The fourth-order valence-electron chi connectivity index (χ4n) is 0.990. The summed E-state index contributed by atoms with van der Waals surface area (Å²) < 4.78 is 5.05. The summed E-state index contributed by atoms with van der Waals surface area (Å²) in [7, 11) is 1.56. The number of methoxy groups -OCH3 is 1. The van der Waals surface area contributed by atoms with E-state index in [1.165, 1.54) is 6.33 Å². The van der Waals surface area contributed by atoms with Crippen LogP contribution in [0.4, 0.5) is 5.82 Å². The summed E-state index contributed by atoms with van der Waals surface area (Å²) in [4.78, 5) is 10.7. The van der Waals surface area contributed by atoms with Crippen molar-refractivity contribution in [2.45, 2.75) is 19.8 Å². The van der Waals surface area contributed by atoms with Crippen molar-refractivity contribution in [3.63, 3.8) is 0 Å². The first kappa shape index (κ1) is 10.3. The second-order valence-electron chi connectivity index (χ2n) is 2.67. The number of hydrogen-bond acceptors (Lipinski definition) is 4. The molecule has 0 unspecified atom stereocenters. The van der Waals surface area contributed by atoms with Crippen molar-refractivity contribution < 1.29 is 4.74 Å². The summed E-state index contributed by atoms with van der Waals surface area (Å²) >= 11 is 0. The lowest BCUT2D eigenvalue weighted by Gasteiger charge is -2.00. The number of hydrogen-bond donors (Lipinski definition) is 1. The van der Waals surface area contributed by atoms with Crippen LogP contribution in [0.1, 0.15) is 25.5 Å². The standard InChI is InChI=1S/C9H12N4O/c1-3-4-8(14-2)13-9-7(5-10)11-6-12-9/h6H,3-4H2,1-2H3,(H,11,12)/b13-8-. The van der Waals surface area contributed by atoms with Crippen molar-refractivity contribution in [3.8, 4) is 6.07 Å². The lowest BCUT2D eigenvalue weighted by molar-refractivity contribution is 0.389. The van der Waals surface area contributed by atoms with Gasteiger partial charge in [-0.2, -0.15) is 10.3 Å². The quantitative estimate of drug-likeness (QED) is 0.585. The van der Waals surface area contributed by atoms with E-state index in [0.29, 0.717) is 17.4 Å². The van der Waals surface area contributed by atoms with Crippen molar-refractivity contribution in [1.29, 1.82) is 5.26 Å². The molecule has 1 N–H and O–H groups in total. The first-order valence-electron chi connectivity index (χ1n) is 4.36. The zero-order chi connectivity index (χ0) is 10.4. The fourth-order valence-corrected chi connectivity index (χ4v) is 0.990. The second kappa shape index (κ2) is 5.02. The van der Waals surface area contributed by atoms with Crippen LogP contribution in [0.25, 0.3) is 0 Å². The smallest absolute Gasteiger partial charge is 0.191 e. The summed E-state index contributed by atoms with van der Waals surface area (Å²) in [5, 5.41) is 8.69. The van der Waals surface area contributed by atoms with E-state index in [1.54, 1.807) is 7.11 Å². The van der Waals surface area contributed by atoms with Crippen LogP contribution >= 0.6 is 0 Å². The third-order valence-electron chi connectivity index (χ3n) is 1.66. The lowest BCUT2D eigenvalue weighted by Crippen LogP contribution is -1.99. The third-order valence-corrected chi connectivity index (χ3v) is 1.66. The number of aromatic nitrogens is 2. The van der Waals surface area contributed by atoms with E-state index in [9.17, 15) is 0 Å². The first-order chi connectivity index (χ1) is 6.81. The highest BCUT2D eigenvalue weighted by Crippen LogP contribution is 2.13. The molecule has 0 aromatic carbocycles. The number of aromatic amines is 1. The highest BCUT2D eigenvalue weighted by Gasteiger charge is 2.05. The fraction of sp³-hybridized carbons (Fsp3) is 0.444. The molecule has 1 aromatic heterocycles. The van der Waals surface area contributed by atoms with Crippen molar-refractivity contribution >= 4 is 11.7 Å². The number of nitrogens with zero attached hydrogens (tertiary/aromatic N) is 3. The summed E-state index contributed by atoms with van der Waals surface area (Å²) in [6.07, 6.45) is 3.13. The Kier molecular flexibility index (Phi) is 3.68. The Labute approximate surface area is 82.5 Å². The molecule has 5 nitrogen and oxygen atoms in total. The van der Waals surface area contributed by atoms with Crippen LogP contribution in [0.5, 0.6) is 0 Å². The highest BCUT2D eigenvalue weighted by molar-refractivity contribution is 5.79. The molecule has 1 aromatic rings. The molecule has 74 valence electrons. The van der Waals surface area contributed by atoms with E-state index >= 15 is 0 Å². The maximum Gasteiger partial charge on any atom is 0.191 e. The Balaban J connectivity index is 2.89. The van der Waals surface area contributed by atoms with E-state index in [2.05, 4.69) is 15.0 Å². The average molecular weight is 192 g/mol. The second-order valence-corrected chi connectivity index (χ2v) is 2.67. The monoisotopic (exact) mass is 192 g/mol. The SMILES string of the molecule is CCC/C(=N/c1nc[nH]c1C#N)OC. The maximum atomic E-state index is 8.69. The number of rotatable bonds is 3. The molecule has 0 radical (unpaired) electrons. The number of nitriles is 1. The minimum absolute atomic E-state index is 0.357. The zero-order valence-corrected chi connectivity index (χ0v) is 8.24. The van der Waals surface area contributed by atoms with Gasteiger partial charge in [0.2, 0.25) is 0 Å². The average Bonchev–Trinajstić information content (AvgIpc) is 2.64. The van der Waals surface area contributed by atoms with Gasteiger partial charge in [0.15, 0.2) is 17.4 Å². The normalized spacial score (nSPS) is 11.1. The van der Waals surface area contributed by atoms with Crippen LogP contribution in [0, 0.1) is 11.3 Å². The molecule has 1 heterocycles. The van der Waals surface area contributed by atoms with Gasteiger partial charge in [-0.1, -0.05) is 6.92 Å². The van der Waals surface area contributed by atoms with E-state index < -0.39 is 0 Å². The van der Waals surface area contributed by atoms with Crippen LogP contribution in [0.2, 0.25) is 0 Å². The van der Waals surface area contributed by atoms with Gasteiger partial charge in [-0.25, -0.2) is 4.98 Å².